The van der Waals surface area contributed by atoms with Crippen molar-refractivity contribution in [1.82, 2.24) is 10.1 Å². The van der Waals surface area contributed by atoms with Crippen molar-refractivity contribution >= 4 is 11.6 Å². The predicted octanol–water partition coefficient (Wildman–Crippen LogP) is 4.54. The number of anilines is 1. The van der Waals surface area contributed by atoms with Crippen LogP contribution in [0.5, 0.6) is 5.75 Å². The van der Waals surface area contributed by atoms with E-state index in [9.17, 15) is 4.79 Å². The first-order chi connectivity index (χ1) is 15.5. The molecule has 0 bridgehead atoms. The number of hydrogen-bond acceptors (Lipinski definition) is 5. The molecular formula is C26H31N3O3. The number of aromatic nitrogens is 1. The van der Waals surface area contributed by atoms with Crippen LogP contribution in [0.4, 0.5) is 5.69 Å². The molecule has 32 heavy (non-hydrogen) atoms. The molecule has 2 heterocycles. The summed E-state index contributed by atoms with van der Waals surface area (Å²) < 4.78 is 11.0. The lowest BCUT2D eigenvalue weighted by molar-refractivity contribution is -0.131. The van der Waals surface area contributed by atoms with E-state index in [-0.39, 0.29) is 5.91 Å². The normalized spacial score (nSPS) is 14.4. The van der Waals surface area contributed by atoms with Crippen molar-refractivity contribution in [2.45, 2.75) is 45.8 Å². The molecule has 0 unspecified atom stereocenters. The number of rotatable bonds is 7. The Labute approximate surface area is 189 Å². The van der Waals surface area contributed by atoms with E-state index in [4.69, 9.17) is 9.26 Å². The zero-order chi connectivity index (χ0) is 22.5. The number of likely N-dealkylation sites (tertiary alicyclic amines) is 1. The third-order valence-corrected chi connectivity index (χ3v) is 6.37. The zero-order valence-electron chi connectivity index (χ0n) is 19.1. The first-order valence-electron chi connectivity index (χ1n) is 11.2. The summed E-state index contributed by atoms with van der Waals surface area (Å²) in [5.74, 6) is 1.74. The van der Waals surface area contributed by atoms with Crippen molar-refractivity contribution in [2.75, 3.05) is 25.0 Å². The highest BCUT2D eigenvalue weighted by molar-refractivity contribution is 5.79. The molecule has 2 aromatic carbocycles. The van der Waals surface area contributed by atoms with Crippen LogP contribution in [0.25, 0.3) is 0 Å². The Hall–Kier alpha value is -3.28. The van der Waals surface area contributed by atoms with Gasteiger partial charge in [-0.25, -0.2) is 0 Å². The lowest BCUT2D eigenvalue weighted by Gasteiger charge is -2.38. The van der Waals surface area contributed by atoms with Crippen molar-refractivity contribution in [3.05, 3.63) is 77.2 Å². The van der Waals surface area contributed by atoms with E-state index in [0.717, 1.165) is 54.3 Å². The van der Waals surface area contributed by atoms with Crippen LogP contribution < -0.4 is 9.64 Å². The molecule has 1 aliphatic rings. The standard InChI is InChI=1S/C26H31N3O3/c1-19-25(20(2)32-27-19)18-31-24-11-9-21(10-12-24)17-26(30)29-15-13-23(14-16-29)28(3)22-7-5-4-6-8-22/h4-12,23H,13-18H2,1-3H3. The highest BCUT2D eigenvalue weighted by Gasteiger charge is 2.25. The van der Waals surface area contributed by atoms with E-state index in [1.54, 1.807) is 0 Å². The van der Waals surface area contributed by atoms with Crippen LogP contribution in [0.2, 0.25) is 0 Å². The summed E-state index contributed by atoms with van der Waals surface area (Å²) >= 11 is 0. The number of piperidine rings is 1. The molecule has 0 spiro atoms. The summed E-state index contributed by atoms with van der Waals surface area (Å²) in [5, 5.41) is 3.95. The van der Waals surface area contributed by atoms with Gasteiger partial charge in [-0.1, -0.05) is 35.5 Å². The van der Waals surface area contributed by atoms with Gasteiger partial charge < -0.3 is 19.1 Å². The Morgan fingerprint density at radius 2 is 1.78 bits per heavy atom. The third kappa shape index (κ3) is 5.13. The predicted molar refractivity (Wildman–Crippen MR) is 125 cm³/mol. The molecule has 1 amide bonds. The Kier molecular flexibility index (Phi) is 6.78. The van der Waals surface area contributed by atoms with Crippen molar-refractivity contribution in [1.29, 1.82) is 0 Å². The van der Waals surface area contributed by atoms with Gasteiger partial charge in [0.2, 0.25) is 5.91 Å². The van der Waals surface area contributed by atoms with E-state index < -0.39 is 0 Å². The summed E-state index contributed by atoms with van der Waals surface area (Å²) in [4.78, 5) is 17.2. The minimum atomic E-state index is 0.190. The molecule has 1 aliphatic heterocycles. The van der Waals surface area contributed by atoms with E-state index in [2.05, 4.69) is 41.4 Å². The van der Waals surface area contributed by atoms with Crippen molar-refractivity contribution in [3.8, 4) is 5.75 Å². The fourth-order valence-corrected chi connectivity index (χ4v) is 4.23. The van der Waals surface area contributed by atoms with Crippen molar-refractivity contribution < 1.29 is 14.1 Å². The van der Waals surface area contributed by atoms with Gasteiger partial charge in [-0.05, 0) is 56.5 Å². The second kappa shape index (κ2) is 9.90. The van der Waals surface area contributed by atoms with Gasteiger partial charge in [0.15, 0.2) is 0 Å². The first kappa shape index (κ1) is 21.9. The fraction of sp³-hybridized carbons (Fsp3) is 0.385. The molecule has 6 heteroatoms. The number of carbonyl (C=O) groups excluding carboxylic acids is 1. The van der Waals surface area contributed by atoms with Gasteiger partial charge in [0.1, 0.15) is 18.1 Å². The van der Waals surface area contributed by atoms with Crippen LogP contribution in [0, 0.1) is 13.8 Å². The van der Waals surface area contributed by atoms with Gasteiger partial charge in [0.25, 0.3) is 0 Å². The number of amides is 1. The maximum atomic E-state index is 12.8. The average Bonchev–Trinajstić information content (AvgIpc) is 3.16. The molecule has 6 nitrogen and oxygen atoms in total. The van der Waals surface area contributed by atoms with E-state index in [0.29, 0.717) is 19.1 Å². The summed E-state index contributed by atoms with van der Waals surface area (Å²) in [5.41, 5.74) is 4.06. The van der Waals surface area contributed by atoms with Gasteiger partial charge in [-0.3, -0.25) is 4.79 Å². The van der Waals surface area contributed by atoms with Gasteiger partial charge in [-0.15, -0.1) is 0 Å². The first-order valence-corrected chi connectivity index (χ1v) is 11.2. The van der Waals surface area contributed by atoms with Crippen LogP contribution in [0.1, 0.15) is 35.4 Å². The lowest BCUT2D eigenvalue weighted by atomic mass is 10.0. The van der Waals surface area contributed by atoms with Crippen LogP contribution >= 0.6 is 0 Å². The van der Waals surface area contributed by atoms with Crippen LogP contribution in [0.15, 0.2) is 59.1 Å². The maximum absolute atomic E-state index is 12.8. The van der Waals surface area contributed by atoms with Gasteiger partial charge in [0.05, 0.1) is 17.7 Å². The van der Waals surface area contributed by atoms with Crippen LogP contribution in [-0.2, 0) is 17.8 Å². The zero-order valence-corrected chi connectivity index (χ0v) is 19.1. The minimum absolute atomic E-state index is 0.190. The second-order valence-electron chi connectivity index (χ2n) is 8.47. The largest absolute Gasteiger partial charge is 0.489 e. The Bertz CT molecular complexity index is 1000. The van der Waals surface area contributed by atoms with Crippen LogP contribution in [-0.4, -0.2) is 42.1 Å². The monoisotopic (exact) mass is 433 g/mol. The van der Waals surface area contributed by atoms with Crippen molar-refractivity contribution in [3.63, 3.8) is 0 Å². The number of carbonyl (C=O) groups is 1. The highest BCUT2D eigenvalue weighted by Crippen LogP contribution is 2.23. The number of ether oxygens (including phenoxy) is 1. The molecule has 168 valence electrons. The molecule has 0 atom stereocenters. The van der Waals surface area contributed by atoms with Crippen LogP contribution in [0.3, 0.4) is 0 Å². The second-order valence-corrected chi connectivity index (χ2v) is 8.47. The lowest BCUT2D eigenvalue weighted by Crippen LogP contribution is -2.46. The smallest absolute Gasteiger partial charge is 0.226 e. The topological polar surface area (TPSA) is 58.8 Å². The minimum Gasteiger partial charge on any atom is -0.489 e. The summed E-state index contributed by atoms with van der Waals surface area (Å²) in [7, 11) is 2.15. The quantitative estimate of drug-likeness (QED) is 0.548. The molecule has 1 aromatic heterocycles. The van der Waals surface area contributed by atoms with Gasteiger partial charge in [-0.2, -0.15) is 0 Å². The number of benzene rings is 2. The molecule has 3 aromatic rings. The number of hydrogen-bond donors (Lipinski definition) is 0. The van der Waals surface area contributed by atoms with E-state index >= 15 is 0 Å². The average molecular weight is 434 g/mol. The molecule has 0 N–H and O–H groups in total. The Balaban J connectivity index is 1.25. The molecule has 1 fully saturated rings. The third-order valence-electron chi connectivity index (χ3n) is 6.37. The number of aryl methyl sites for hydroxylation is 2. The molecular weight excluding hydrogens is 402 g/mol. The summed E-state index contributed by atoms with van der Waals surface area (Å²) in [6.07, 6.45) is 2.40. The number of para-hydroxylation sites is 1. The maximum Gasteiger partial charge on any atom is 0.226 e. The fourth-order valence-electron chi connectivity index (χ4n) is 4.23. The van der Waals surface area contributed by atoms with E-state index in [1.807, 2.05) is 49.1 Å². The van der Waals surface area contributed by atoms with E-state index in [1.165, 1.54) is 5.69 Å². The summed E-state index contributed by atoms with van der Waals surface area (Å²) in [6.45, 7) is 5.83. The summed E-state index contributed by atoms with van der Waals surface area (Å²) in [6, 6.07) is 18.7. The Morgan fingerprint density at radius 1 is 1.09 bits per heavy atom. The van der Waals surface area contributed by atoms with Gasteiger partial charge in [0, 0.05) is 31.9 Å². The highest BCUT2D eigenvalue weighted by atomic mass is 16.5. The molecule has 0 saturated carbocycles. The molecule has 4 rings (SSSR count). The van der Waals surface area contributed by atoms with Gasteiger partial charge >= 0.3 is 0 Å². The Morgan fingerprint density at radius 3 is 2.41 bits per heavy atom. The molecule has 1 saturated heterocycles. The van der Waals surface area contributed by atoms with Crippen molar-refractivity contribution in [2.24, 2.45) is 0 Å². The molecule has 0 aliphatic carbocycles. The SMILES string of the molecule is Cc1noc(C)c1COc1ccc(CC(=O)N2CCC(N(C)c3ccccc3)CC2)cc1. The number of nitrogens with zero attached hydrogens (tertiary/aromatic N) is 3. The molecule has 0 radical (unpaired) electrons.